The third-order valence-electron chi connectivity index (χ3n) is 2.72. The molecular weight excluding hydrogens is 228 g/mol. The third-order valence-corrected chi connectivity index (χ3v) is 2.72. The minimum atomic E-state index is -0.0613. The molecule has 2 aromatic rings. The van der Waals surface area contributed by atoms with Crippen LogP contribution in [0.3, 0.4) is 0 Å². The maximum atomic E-state index is 5.92. The van der Waals surface area contributed by atoms with Crippen LogP contribution in [0, 0.1) is 0 Å². The highest BCUT2D eigenvalue weighted by Gasteiger charge is 2.09. The number of hydrogen-bond acceptors (Lipinski definition) is 4. The van der Waals surface area contributed by atoms with Crippen molar-refractivity contribution in [1.29, 1.82) is 0 Å². The zero-order valence-corrected chi connectivity index (χ0v) is 10.7. The van der Waals surface area contributed by atoms with Gasteiger partial charge < -0.3 is 10.5 Å². The van der Waals surface area contributed by atoms with Crippen molar-refractivity contribution in [2.45, 2.75) is 26.3 Å². The molecule has 1 atom stereocenters. The van der Waals surface area contributed by atoms with Crippen molar-refractivity contribution >= 4 is 0 Å². The lowest BCUT2D eigenvalue weighted by molar-refractivity contribution is 0.340. The molecule has 0 amide bonds. The summed E-state index contributed by atoms with van der Waals surface area (Å²) in [5, 5.41) is 8.17. The number of rotatable bonds is 5. The van der Waals surface area contributed by atoms with Gasteiger partial charge in [0.1, 0.15) is 5.75 Å². The summed E-state index contributed by atoms with van der Waals surface area (Å²) in [6.07, 6.45) is 2.71. The zero-order valence-electron chi connectivity index (χ0n) is 10.7. The van der Waals surface area contributed by atoms with Crippen LogP contribution >= 0.6 is 0 Å². The van der Waals surface area contributed by atoms with Crippen molar-refractivity contribution in [3.8, 4) is 11.4 Å². The van der Waals surface area contributed by atoms with Gasteiger partial charge in [0, 0.05) is 6.07 Å². The van der Waals surface area contributed by atoms with E-state index >= 15 is 0 Å². The van der Waals surface area contributed by atoms with Crippen LogP contribution in [0.1, 0.15) is 32.0 Å². The molecule has 1 heterocycles. The maximum Gasteiger partial charge on any atom is 0.121 e. The Hall–Kier alpha value is -1.88. The molecule has 1 unspecified atom stereocenters. The van der Waals surface area contributed by atoms with Crippen molar-refractivity contribution in [2.75, 3.05) is 6.61 Å². The molecule has 0 aliphatic heterocycles. The fourth-order valence-electron chi connectivity index (χ4n) is 1.66. The molecule has 5 heteroatoms. The number of nitrogens with two attached hydrogens (primary N) is 1. The van der Waals surface area contributed by atoms with Gasteiger partial charge in [0.2, 0.25) is 0 Å². The standard InChI is InChI=1S/C13H18N4O/c1-3-12(14)13-9-17(16-15-13)10-6-5-7-11(8-10)18-4-2/h5-9,12H,3-4,14H2,1-2H3. The van der Waals surface area contributed by atoms with Gasteiger partial charge in [-0.15, -0.1) is 5.10 Å². The highest BCUT2D eigenvalue weighted by molar-refractivity contribution is 5.38. The lowest BCUT2D eigenvalue weighted by atomic mass is 10.2. The van der Waals surface area contributed by atoms with Crippen LogP contribution in [0.2, 0.25) is 0 Å². The molecule has 0 fully saturated rings. The second kappa shape index (κ2) is 5.64. The molecule has 18 heavy (non-hydrogen) atoms. The number of nitrogens with zero attached hydrogens (tertiary/aromatic N) is 3. The maximum absolute atomic E-state index is 5.92. The number of aromatic nitrogens is 3. The first-order chi connectivity index (χ1) is 8.74. The van der Waals surface area contributed by atoms with E-state index in [0.29, 0.717) is 6.61 Å². The van der Waals surface area contributed by atoms with E-state index in [4.69, 9.17) is 10.5 Å². The van der Waals surface area contributed by atoms with Crippen LogP contribution in [0.15, 0.2) is 30.5 Å². The Morgan fingerprint density at radius 2 is 2.22 bits per heavy atom. The fraction of sp³-hybridized carbons (Fsp3) is 0.385. The molecule has 0 radical (unpaired) electrons. The molecule has 0 spiro atoms. The minimum absolute atomic E-state index is 0.0613. The Labute approximate surface area is 107 Å². The van der Waals surface area contributed by atoms with Crippen molar-refractivity contribution in [3.63, 3.8) is 0 Å². The Bertz CT molecular complexity index is 509. The predicted octanol–water partition coefficient (Wildman–Crippen LogP) is 2.08. The van der Waals surface area contributed by atoms with Crippen LogP contribution in [0.4, 0.5) is 0 Å². The first-order valence-corrected chi connectivity index (χ1v) is 6.15. The van der Waals surface area contributed by atoms with Crippen LogP contribution in [-0.2, 0) is 0 Å². The third kappa shape index (κ3) is 2.68. The van der Waals surface area contributed by atoms with Gasteiger partial charge in [-0.2, -0.15) is 0 Å². The van der Waals surface area contributed by atoms with Gasteiger partial charge in [-0.1, -0.05) is 18.2 Å². The summed E-state index contributed by atoms with van der Waals surface area (Å²) in [5.74, 6) is 0.826. The van der Waals surface area contributed by atoms with E-state index in [-0.39, 0.29) is 6.04 Å². The Morgan fingerprint density at radius 1 is 1.39 bits per heavy atom. The van der Waals surface area contributed by atoms with Crippen molar-refractivity contribution < 1.29 is 4.74 Å². The molecule has 96 valence electrons. The van der Waals surface area contributed by atoms with E-state index in [1.165, 1.54) is 0 Å². The molecule has 0 saturated heterocycles. The largest absolute Gasteiger partial charge is 0.494 e. The van der Waals surface area contributed by atoms with Crippen LogP contribution < -0.4 is 10.5 Å². The SMILES string of the molecule is CCOc1cccc(-n2cc(C(N)CC)nn2)c1. The van der Waals surface area contributed by atoms with Crippen molar-refractivity contribution in [1.82, 2.24) is 15.0 Å². The summed E-state index contributed by atoms with van der Waals surface area (Å²) in [7, 11) is 0. The minimum Gasteiger partial charge on any atom is -0.494 e. The van der Waals surface area contributed by atoms with Crippen LogP contribution in [0.25, 0.3) is 5.69 Å². The normalized spacial score (nSPS) is 12.4. The van der Waals surface area contributed by atoms with Gasteiger partial charge in [-0.25, -0.2) is 4.68 Å². The van der Waals surface area contributed by atoms with Gasteiger partial charge in [-0.3, -0.25) is 0 Å². The molecule has 1 aromatic heterocycles. The summed E-state index contributed by atoms with van der Waals surface area (Å²) < 4.78 is 7.17. The summed E-state index contributed by atoms with van der Waals surface area (Å²) in [6, 6.07) is 7.68. The highest BCUT2D eigenvalue weighted by atomic mass is 16.5. The Kier molecular flexibility index (Phi) is 3.94. The molecule has 5 nitrogen and oxygen atoms in total. The molecule has 2 N–H and O–H groups in total. The number of hydrogen-bond donors (Lipinski definition) is 1. The smallest absolute Gasteiger partial charge is 0.121 e. The predicted molar refractivity (Wildman–Crippen MR) is 69.7 cm³/mol. The van der Waals surface area contributed by atoms with Gasteiger partial charge in [0.25, 0.3) is 0 Å². The fourth-order valence-corrected chi connectivity index (χ4v) is 1.66. The Balaban J connectivity index is 2.25. The molecule has 0 saturated carbocycles. The van der Waals surface area contributed by atoms with Gasteiger partial charge in [0.05, 0.1) is 30.2 Å². The quantitative estimate of drug-likeness (QED) is 0.877. The van der Waals surface area contributed by atoms with Crippen molar-refractivity contribution in [3.05, 3.63) is 36.2 Å². The van der Waals surface area contributed by atoms with Crippen LogP contribution in [-0.4, -0.2) is 21.6 Å². The molecule has 0 aliphatic carbocycles. The summed E-state index contributed by atoms with van der Waals surface area (Å²) in [4.78, 5) is 0. The monoisotopic (exact) mass is 246 g/mol. The Morgan fingerprint density at radius 3 is 2.94 bits per heavy atom. The lowest BCUT2D eigenvalue weighted by Gasteiger charge is -2.05. The lowest BCUT2D eigenvalue weighted by Crippen LogP contribution is -2.08. The average Bonchev–Trinajstić information content (AvgIpc) is 2.88. The van der Waals surface area contributed by atoms with E-state index in [2.05, 4.69) is 10.3 Å². The van der Waals surface area contributed by atoms with Gasteiger partial charge in [0.15, 0.2) is 0 Å². The second-order valence-corrected chi connectivity index (χ2v) is 4.03. The van der Waals surface area contributed by atoms with E-state index in [1.54, 1.807) is 4.68 Å². The van der Waals surface area contributed by atoms with E-state index < -0.39 is 0 Å². The molecule has 0 aliphatic rings. The average molecular weight is 246 g/mol. The van der Waals surface area contributed by atoms with Gasteiger partial charge >= 0.3 is 0 Å². The van der Waals surface area contributed by atoms with Gasteiger partial charge in [-0.05, 0) is 25.5 Å². The summed E-state index contributed by atoms with van der Waals surface area (Å²) in [6.45, 7) is 4.63. The number of benzene rings is 1. The van der Waals surface area contributed by atoms with E-state index in [1.807, 2.05) is 44.3 Å². The number of ether oxygens (including phenoxy) is 1. The highest BCUT2D eigenvalue weighted by Crippen LogP contribution is 2.17. The summed E-state index contributed by atoms with van der Waals surface area (Å²) in [5.41, 5.74) is 7.65. The zero-order chi connectivity index (χ0) is 13.0. The van der Waals surface area contributed by atoms with Crippen LogP contribution in [0.5, 0.6) is 5.75 Å². The molecule has 2 rings (SSSR count). The molecular formula is C13H18N4O. The first-order valence-electron chi connectivity index (χ1n) is 6.15. The topological polar surface area (TPSA) is 66.0 Å². The summed E-state index contributed by atoms with van der Waals surface area (Å²) >= 11 is 0. The molecule has 0 bridgehead atoms. The van der Waals surface area contributed by atoms with E-state index in [0.717, 1.165) is 23.6 Å². The van der Waals surface area contributed by atoms with Crippen molar-refractivity contribution in [2.24, 2.45) is 5.73 Å². The molecule has 1 aromatic carbocycles. The van der Waals surface area contributed by atoms with E-state index in [9.17, 15) is 0 Å². The first kappa shape index (κ1) is 12.6. The second-order valence-electron chi connectivity index (χ2n) is 4.03.